The molecule has 0 aliphatic carbocycles. The van der Waals surface area contributed by atoms with Crippen molar-refractivity contribution in [2.45, 2.75) is 19.1 Å². The van der Waals surface area contributed by atoms with Gasteiger partial charge in [-0.25, -0.2) is 4.68 Å². The monoisotopic (exact) mass is 294 g/mol. The fourth-order valence-electron chi connectivity index (χ4n) is 2.50. The first-order valence-electron chi connectivity index (χ1n) is 7.15. The zero-order valence-electron chi connectivity index (χ0n) is 12.7. The summed E-state index contributed by atoms with van der Waals surface area (Å²) < 4.78 is 7.57. The van der Waals surface area contributed by atoms with E-state index in [-0.39, 0.29) is 0 Å². The van der Waals surface area contributed by atoms with Crippen LogP contribution in [0.5, 0.6) is 0 Å². The molecule has 0 spiro atoms. The van der Waals surface area contributed by atoms with Gasteiger partial charge >= 0.3 is 0 Å². The van der Waals surface area contributed by atoms with Gasteiger partial charge in [0.15, 0.2) is 11.4 Å². The van der Waals surface area contributed by atoms with Crippen LogP contribution in [0.4, 0.5) is 0 Å². The van der Waals surface area contributed by atoms with E-state index in [2.05, 4.69) is 27.7 Å². The number of tetrazole rings is 1. The van der Waals surface area contributed by atoms with Crippen LogP contribution in [-0.2, 0) is 16.9 Å². The molecule has 22 heavy (non-hydrogen) atoms. The van der Waals surface area contributed by atoms with Gasteiger partial charge in [-0.05, 0) is 28.5 Å². The van der Waals surface area contributed by atoms with E-state index in [0.29, 0.717) is 12.4 Å². The summed E-state index contributed by atoms with van der Waals surface area (Å²) in [7, 11) is 1.68. The first-order chi connectivity index (χ1) is 10.7. The minimum atomic E-state index is -0.695. The quantitative estimate of drug-likeness (QED) is 0.726. The number of ether oxygens (including phenoxy) is 1. The predicted octanol–water partition coefficient (Wildman–Crippen LogP) is 2.63. The minimum absolute atomic E-state index is 0.606. The van der Waals surface area contributed by atoms with Crippen LogP contribution in [0.2, 0.25) is 0 Å². The van der Waals surface area contributed by atoms with E-state index in [0.717, 1.165) is 11.1 Å². The summed E-state index contributed by atoms with van der Waals surface area (Å²) in [5.74, 6) is 0.685. The second-order valence-corrected chi connectivity index (χ2v) is 5.25. The Labute approximate surface area is 129 Å². The molecular weight excluding hydrogens is 276 g/mol. The first kappa shape index (κ1) is 14.4. The molecule has 3 rings (SSSR count). The topological polar surface area (TPSA) is 52.8 Å². The zero-order chi connectivity index (χ0) is 15.4. The number of methoxy groups -OCH3 is 1. The highest BCUT2D eigenvalue weighted by molar-refractivity contribution is 5.28. The third-order valence-electron chi connectivity index (χ3n) is 3.87. The maximum absolute atomic E-state index is 5.78. The summed E-state index contributed by atoms with van der Waals surface area (Å²) in [5, 5.41) is 12.2. The Morgan fingerprint density at radius 3 is 2.27 bits per heavy atom. The lowest BCUT2D eigenvalue weighted by Crippen LogP contribution is -2.30. The number of hydrogen-bond donors (Lipinski definition) is 0. The molecule has 5 heteroatoms. The fraction of sp³-hybridized carbons (Fsp3) is 0.235. The van der Waals surface area contributed by atoms with E-state index in [4.69, 9.17) is 4.74 Å². The summed E-state index contributed by atoms with van der Waals surface area (Å²) in [4.78, 5) is 0. The Balaban J connectivity index is 1.99. The third kappa shape index (κ3) is 2.63. The molecule has 0 aliphatic heterocycles. The predicted molar refractivity (Wildman–Crippen MR) is 83.3 cm³/mol. The highest BCUT2D eigenvalue weighted by Gasteiger charge is 2.34. The van der Waals surface area contributed by atoms with Gasteiger partial charge in [0, 0.05) is 7.11 Å². The number of hydrogen-bond acceptors (Lipinski definition) is 4. The van der Waals surface area contributed by atoms with Gasteiger partial charge < -0.3 is 4.74 Å². The average Bonchev–Trinajstić information content (AvgIpc) is 3.04. The standard InChI is InChI=1S/C17H18N4O/c1-17(22-2,15-11-7-4-8-12-15)16-18-19-20-21(16)13-14-9-5-3-6-10-14/h3-12H,13H2,1-2H3. The van der Waals surface area contributed by atoms with Gasteiger partial charge in [-0.3, -0.25) is 0 Å². The summed E-state index contributed by atoms with van der Waals surface area (Å²) in [6, 6.07) is 20.1. The lowest BCUT2D eigenvalue weighted by Gasteiger charge is -2.27. The Hall–Kier alpha value is -2.53. The Bertz CT molecular complexity index is 727. The second kappa shape index (κ2) is 6.07. The average molecular weight is 294 g/mol. The summed E-state index contributed by atoms with van der Waals surface area (Å²) in [6.07, 6.45) is 0. The third-order valence-corrected chi connectivity index (χ3v) is 3.87. The van der Waals surface area contributed by atoms with Gasteiger partial charge in [0.05, 0.1) is 6.54 Å². The molecule has 0 amide bonds. The molecule has 0 radical (unpaired) electrons. The Morgan fingerprint density at radius 2 is 1.64 bits per heavy atom. The van der Waals surface area contributed by atoms with Crippen molar-refractivity contribution in [3.05, 3.63) is 77.6 Å². The first-order valence-corrected chi connectivity index (χ1v) is 7.15. The lowest BCUT2D eigenvalue weighted by atomic mass is 9.94. The summed E-state index contributed by atoms with van der Waals surface area (Å²) in [6.45, 7) is 2.59. The molecule has 0 fully saturated rings. The normalized spacial score (nSPS) is 13.7. The molecule has 1 atom stereocenters. The van der Waals surface area contributed by atoms with E-state index >= 15 is 0 Å². The zero-order valence-corrected chi connectivity index (χ0v) is 12.7. The number of benzene rings is 2. The number of rotatable bonds is 5. The molecule has 0 aliphatic rings. The van der Waals surface area contributed by atoms with Gasteiger partial charge in [-0.2, -0.15) is 0 Å². The van der Waals surface area contributed by atoms with Crippen LogP contribution in [0.1, 0.15) is 23.9 Å². The highest BCUT2D eigenvalue weighted by Crippen LogP contribution is 2.30. The molecule has 112 valence electrons. The van der Waals surface area contributed by atoms with Crippen LogP contribution in [-0.4, -0.2) is 27.3 Å². The van der Waals surface area contributed by atoms with Crippen molar-refractivity contribution < 1.29 is 4.74 Å². The lowest BCUT2D eigenvalue weighted by molar-refractivity contribution is 0.0276. The molecule has 1 heterocycles. The van der Waals surface area contributed by atoms with Crippen LogP contribution >= 0.6 is 0 Å². The van der Waals surface area contributed by atoms with Gasteiger partial charge in [0.1, 0.15) is 0 Å². The van der Waals surface area contributed by atoms with E-state index in [1.807, 2.05) is 55.5 Å². The van der Waals surface area contributed by atoms with Crippen molar-refractivity contribution in [1.82, 2.24) is 20.2 Å². The molecule has 0 saturated carbocycles. The van der Waals surface area contributed by atoms with E-state index in [1.165, 1.54) is 0 Å². The Morgan fingerprint density at radius 1 is 1.00 bits per heavy atom. The fourth-order valence-corrected chi connectivity index (χ4v) is 2.50. The van der Waals surface area contributed by atoms with Crippen molar-refractivity contribution >= 4 is 0 Å². The molecule has 5 nitrogen and oxygen atoms in total. The van der Waals surface area contributed by atoms with E-state index < -0.39 is 5.60 Å². The van der Waals surface area contributed by atoms with Gasteiger partial charge in [0.2, 0.25) is 0 Å². The molecule has 0 N–H and O–H groups in total. The summed E-state index contributed by atoms with van der Waals surface area (Å²) in [5.41, 5.74) is 1.46. The molecule has 0 saturated heterocycles. The van der Waals surface area contributed by atoms with Crippen molar-refractivity contribution in [1.29, 1.82) is 0 Å². The molecule has 0 bridgehead atoms. The molecule has 3 aromatic rings. The number of nitrogens with zero attached hydrogens (tertiary/aromatic N) is 4. The van der Waals surface area contributed by atoms with Gasteiger partial charge in [-0.15, -0.1) is 5.10 Å². The van der Waals surface area contributed by atoms with Gasteiger partial charge in [0.25, 0.3) is 0 Å². The van der Waals surface area contributed by atoms with Gasteiger partial charge in [-0.1, -0.05) is 60.7 Å². The molecule has 1 aromatic heterocycles. The van der Waals surface area contributed by atoms with Crippen molar-refractivity contribution in [2.75, 3.05) is 7.11 Å². The Kier molecular flexibility index (Phi) is 3.98. The van der Waals surface area contributed by atoms with Crippen molar-refractivity contribution in [3.8, 4) is 0 Å². The smallest absolute Gasteiger partial charge is 0.188 e. The van der Waals surface area contributed by atoms with Crippen LogP contribution in [0.25, 0.3) is 0 Å². The second-order valence-electron chi connectivity index (χ2n) is 5.25. The summed E-state index contributed by atoms with van der Waals surface area (Å²) >= 11 is 0. The van der Waals surface area contributed by atoms with Crippen molar-refractivity contribution in [3.63, 3.8) is 0 Å². The molecule has 1 unspecified atom stereocenters. The van der Waals surface area contributed by atoms with Crippen LogP contribution in [0, 0.1) is 0 Å². The van der Waals surface area contributed by atoms with Crippen LogP contribution < -0.4 is 0 Å². The SMILES string of the molecule is COC(C)(c1ccccc1)c1nnnn1Cc1ccccc1. The maximum Gasteiger partial charge on any atom is 0.188 e. The molecule has 2 aromatic carbocycles. The largest absolute Gasteiger partial charge is 0.366 e. The number of aromatic nitrogens is 4. The van der Waals surface area contributed by atoms with E-state index in [9.17, 15) is 0 Å². The van der Waals surface area contributed by atoms with Crippen molar-refractivity contribution in [2.24, 2.45) is 0 Å². The minimum Gasteiger partial charge on any atom is -0.366 e. The molecular formula is C17H18N4O. The van der Waals surface area contributed by atoms with Crippen LogP contribution in [0.3, 0.4) is 0 Å². The van der Waals surface area contributed by atoms with Crippen LogP contribution in [0.15, 0.2) is 60.7 Å². The maximum atomic E-state index is 5.78. The highest BCUT2D eigenvalue weighted by atomic mass is 16.5. The van der Waals surface area contributed by atoms with E-state index in [1.54, 1.807) is 11.8 Å².